The Hall–Kier alpha value is -2.96. The minimum atomic E-state index is -0.513. The third-order valence-corrected chi connectivity index (χ3v) is 5.48. The Morgan fingerprint density at radius 2 is 1.90 bits per heavy atom. The lowest BCUT2D eigenvalue weighted by Crippen LogP contribution is -2.07. The molecule has 148 valence electrons. The molecule has 2 heterocycles. The second kappa shape index (κ2) is 8.59. The second-order valence-corrected chi connectivity index (χ2v) is 7.49. The molecular formula is C23H21NO4S. The van der Waals surface area contributed by atoms with Crippen molar-refractivity contribution in [3.05, 3.63) is 76.5 Å². The number of furan rings is 1. The van der Waals surface area contributed by atoms with Crippen LogP contribution in [0.4, 0.5) is 0 Å². The van der Waals surface area contributed by atoms with Gasteiger partial charge in [-0.3, -0.25) is 0 Å². The Kier molecular flexibility index (Phi) is 5.74. The first-order chi connectivity index (χ1) is 14.2. The minimum absolute atomic E-state index is 0.0896. The average Bonchev–Trinajstić information content (AvgIpc) is 3.36. The number of nitrogens with zero attached hydrogens (tertiary/aromatic N) is 1. The van der Waals surface area contributed by atoms with E-state index in [2.05, 4.69) is 17.1 Å². The maximum absolute atomic E-state index is 12.7. The molecule has 0 spiro atoms. The van der Waals surface area contributed by atoms with Crippen LogP contribution in [0, 0.1) is 6.92 Å². The van der Waals surface area contributed by atoms with Gasteiger partial charge >= 0.3 is 5.97 Å². The van der Waals surface area contributed by atoms with Gasteiger partial charge in [0.2, 0.25) is 5.76 Å². The summed E-state index contributed by atoms with van der Waals surface area (Å²) in [6, 6.07) is 15.7. The third-order valence-electron chi connectivity index (χ3n) is 4.54. The summed E-state index contributed by atoms with van der Waals surface area (Å²) < 4.78 is 16.8. The van der Waals surface area contributed by atoms with Crippen molar-refractivity contribution in [3.63, 3.8) is 0 Å². The van der Waals surface area contributed by atoms with Gasteiger partial charge in [0, 0.05) is 28.5 Å². The number of hydrogen-bond acceptors (Lipinski definition) is 6. The number of hydrogen-bond donors (Lipinski definition) is 0. The molecule has 0 N–H and O–H groups in total. The lowest BCUT2D eigenvalue weighted by molar-refractivity contribution is 0.0426. The summed E-state index contributed by atoms with van der Waals surface area (Å²) >= 11 is 1.53. The fourth-order valence-electron chi connectivity index (χ4n) is 3.02. The highest BCUT2D eigenvalue weighted by molar-refractivity contribution is 7.13. The van der Waals surface area contributed by atoms with E-state index >= 15 is 0 Å². The number of ether oxygens (including phenoxy) is 2. The molecule has 0 saturated carbocycles. The van der Waals surface area contributed by atoms with Gasteiger partial charge in [0.15, 0.2) is 0 Å². The SMILES string of the molecule is CCOCc1c(C(=O)OCc2csc(-c3ccc(C)cc3)n2)oc2ccccc12. The second-order valence-electron chi connectivity index (χ2n) is 6.63. The summed E-state index contributed by atoms with van der Waals surface area (Å²) in [6.45, 7) is 4.90. The van der Waals surface area contributed by atoms with E-state index in [1.807, 2.05) is 55.6 Å². The van der Waals surface area contributed by atoms with Gasteiger partial charge in [0.05, 0.1) is 12.3 Å². The number of benzene rings is 2. The number of aromatic nitrogens is 1. The van der Waals surface area contributed by atoms with Crippen LogP contribution in [0.3, 0.4) is 0 Å². The minimum Gasteiger partial charge on any atom is -0.453 e. The first kappa shape index (κ1) is 19.4. The molecule has 0 amide bonds. The first-order valence-electron chi connectivity index (χ1n) is 9.42. The van der Waals surface area contributed by atoms with Crippen molar-refractivity contribution in [2.24, 2.45) is 0 Å². The zero-order valence-electron chi connectivity index (χ0n) is 16.3. The van der Waals surface area contributed by atoms with Crippen LogP contribution in [-0.4, -0.2) is 17.6 Å². The van der Waals surface area contributed by atoms with E-state index < -0.39 is 5.97 Å². The highest BCUT2D eigenvalue weighted by Crippen LogP contribution is 2.28. The summed E-state index contributed by atoms with van der Waals surface area (Å²) in [5, 5.41) is 3.67. The maximum atomic E-state index is 12.7. The molecule has 4 aromatic rings. The normalized spacial score (nSPS) is 11.1. The molecule has 29 heavy (non-hydrogen) atoms. The van der Waals surface area contributed by atoms with Crippen LogP contribution in [0.15, 0.2) is 58.3 Å². The molecule has 0 aliphatic rings. The molecule has 0 bridgehead atoms. The Labute approximate surface area is 172 Å². The van der Waals surface area contributed by atoms with E-state index in [4.69, 9.17) is 13.9 Å². The van der Waals surface area contributed by atoms with Crippen LogP contribution in [0.1, 0.15) is 34.3 Å². The molecular weight excluding hydrogens is 386 g/mol. The van der Waals surface area contributed by atoms with Crippen molar-refractivity contribution in [2.75, 3.05) is 6.61 Å². The molecule has 0 fully saturated rings. The number of fused-ring (bicyclic) bond motifs is 1. The molecule has 0 atom stereocenters. The highest BCUT2D eigenvalue weighted by atomic mass is 32.1. The predicted octanol–water partition coefficient (Wildman–Crippen LogP) is 5.76. The van der Waals surface area contributed by atoms with Crippen molar-refractivity contribution in [2.45, 2.75) is 27.1 Å². The monoisotopic (exact) mass is 407 g/mol. The lowest BCUT2D eigenvalue weighted by atomic mass is 10.1. The first-order valence-corrected chi connectivity index (χ1v) is 10.3. The van der Waals surface area contributed by atoms with E-state index in [0.717, 1.165) is 16.0 Å². The third kappa shape index (κ3) is 4.23. The van der Waals surface area contributed by atoms with Crippen LogP contribution in [0.5, 0.6) is 0 Å². The van der Waals surface area contributed by atoms with Crippen molar-refractivity contribution in [1.29, 1.82) is 0 Å². The quantitative estimate of drug-likeness (QED) is 0.365. The van der Waals surface area contributed by atoms with Crippen LogP contribution >= 0.6 is 11.3 Å². The van der Waals surface area contributed by atoms with E-state index in [1.54, 1.807) is 0 Å². The van der Waals surface area contributed by atoms with E-state index in [9.17, 15) is 4.79 Å². The van der Waals surface area contributed by atoms with Crippen LogP contribution < -0.4 is 0 Å². The molecule has 4 rings (SSSR count). The molecule has 0 radical (unpaired) electrons. The van der Waals surface area contributed by atoms with Gasteiger partial charge in [-0.2, -0.15) is 0 Å². The van der Waals surface area contributed by atoms with Crippen molar-refractivity contribution < 1.29 is 18.7 Å². The van der Waals surface area contributed by atoms with Crippen molar-refractivity contribution in [3.8, 4) is 10.6 Å². The number of carbonyl (C=O) groups excluding carboxylic acids is 1. The van der Waals surface area contributed by atoms with Gasteiger partial charge in [0.1, 0.15) is 17.2 Å². The molecule has 2 aromatic heterocycles. The zero-order valence-corrected chi connectivity index (χ0v) is 17.1. The predicted molar refractivity (Wildman–Crippen MR) is 113 cm³/mol. The Balaban J connectivity index is 1.49. The topological polar surface area (TPSA) is 61.6 Å². The maximum Gasteiger partial charge on any atom is 0.375 e. The Morgan fingerprint density at radius 3 is 2.69 bits per heavy atom. The molecule has 0 unspecified atom stereocenters. The number of esters is 1. The molecule has 0 aliphatic carbocycles. The Bertz CT molecular complexity index is 1130. The van der Waals surface area contributed by atoms with E-state index in [1.165, 1.54) is 16.9 Å². The smallest absolute Gasteiger partial charge is 0.375 e. The fraction of sp³-hybridized carbons (Fsp3) is 0.217. The number of rotatable bonds is 7. The molecule has 2 aromatic carbocycles. The number of para-hydroxylation sites is 1. The molecule has 6 heteroatoms. The van der Waals surface area contributed by atoms with Gasteiger partial charge in [-0.25, -0.2) is 9.78 Å². The summed E-state index contributed by atoms with van der Waals surface area (Å²) in [5.41, 5.74) is 4.32. The standard InChI is InChI=1S/C23H21NO4S/c1-3-26-13-19-18-6-4-5-7-20(18)28-21(19)23(25)27-12-17-14-29-22(24-17)16-10-8-15(2)9-11-16/h4-11,14H,3,12-13H2,1-2H3. The molecule has 0 saturated heterocycles. The summed E-state index contributed by atoms with van der Waals surface area (Å²) in [5.74, 6) is -0.325. The average molecular weight is 407 g/mol. The van der Waals surface area contributed by atoms with Gasteiger partial charge in [0.25, 0.3) is 0 Å². The highest BCUT2D eigenvalue weighted by Gasteiger charge is 2.22. The lowest BCUT2D eigenvalue weighted by Gasteiger charge is -2.04. The zero-order chi connectivity index (χ0) is 20.2. The van der Waals surface area contributed by atoms with Crippen molar-refractivity contribution in [1.82, 2.24) is 4.98 Å². The van der Waals surface area contributed by atoms with Crippen LogP contribution in [0.2, 0.25) is 0 Å². The summed E-state index contributed by atoms with van der Waals surface area (Å²) in [4.78, 5) is 17.3. The summed E-state index contributed by atoms with van der Waals surface area (Å²) in [7, 11) is 0. The van der Waals surface area contributed by atoms with Gasteiger partial charge in [-0.15, -0.1) is 11.3 Å². The number of carbonyl (C=O) groups is 1. The van der Waals surface area contributed by atoms with Gasteiger partial charge < -0.3 is 13.9 Å². The fourth-order valence-corrected chi connectivity index (χ4v) is 3.83. The van der Waals surface area contributed by atoms with Gasteiger partial charge in [-0.05, 0) is 19.9 Å². The van der Waals surface area contributed by atoms with Crippen LogP contribution in [0.25, 0.3) is 21.5 Å². The largest absolute Gasteiger partial charge is 0.453 e. The molecule has 0 aliphatic heterocycles. The molecule has 5 nitrogen and oxygen atoms in total. The van der Waals surface area contributed by atoms with Crippen molar-refractivity contribution >= 4 is 28.3 Å². The van der Waals surface area contributed by atoms with Crippen LogP contribution in [-0.2, 0) is 22.7 Å². The number of aryl methyl sites for hydroxylation is 1. The van der Waals surface area contributed by atoms with E-state index in [-0.39, 0.29) is 12.4 Å². The van der Waals surface area contributed by atoms with Gasteiger partial charge in [-0.1, -0.05) is 48.0 Å². The summed E-state index contributed by atoms with van der Waals surface area (Å²) in [6.07, 6.45) is 0. The van der Waals surface area contributed by atoms with E-state index in [0.29, 0.717) is 30.1 Å². The Morgan fingerprint density at radius 1 is 1.10 bits per heavy atom. The number of thiazole rings is 1.